The van der Waals surface area contributed by atoms with Gasteiger partial charge in [-0.05, 0) is 130 Å². The molecule has 12 heteroatoms. The molecule has 0 saturated carbocycles. The Morgan fingerprint density at radius 1 is 0.281 bits per heavy atom. The van der Waals surface area contributed by atoms with Gasteiger partial charge in [-0.3, -0.25) is 14.8 Å². The molecule has 604 valence electrons. The maximum Gasteiger partial charge on any atom is 0.238 e. The van der Waals surface area contributed by atoms with Crippen molar-refractivity contribution in [2.75, 3.05) is 14.7 Å². The number of hydrogen-bond donors (Lipinski definition) is 0. The Morgan fingerprint density at radius 3 is 1.34 bits per heavy atom. The van der Waals surface area contributed by atoms with E-state index < -0.39 is 0 Å². The Morgan fingerprint density at radius 2 is 0.727 bits per heavy atom. The van der Waals surface area contributed by atoms with Gasteiger partial charge in [-0.25, -0.2) is 19.9 Å². The average molecular weight is 1660 g/mol. The van der Waals surface area contributed by atoms with Gasteiger partial charge in [0.05, 0.1) is 56.9 Å². The first kappa shape index (κ1) is 76.2. The summed E-state index contributed by atoms with van der Waals surface area (Å²) in [7, 11) is 0. The molecule has 0 N–H and O–H groups in total. The second kappa shape index (κ2) is 32.2. The predicted octanol–water partition coefficient (Wildman–Crippen LogP) is 30.7. The molecule has 15 aromatic carbocycles. The van der Waals surface area contributed by atoms with Gasteiger partial charge in [0.15, 0.2) is 17.5 Å². The number of allylic oxidation sites excluding steroid dienone is 1. The highest BCUT2D eigenvalue weighted by Crippen LogP contribution is 2.61. The third-order valence-electron chi connectivity index (χ3n) is 24.6. The molecule has 3 aliphatic heterocycles. The van der Waals surface area contributed by atoms with Crippen LogP contribution in [0.25, 0.3) is 155 Å². The minimum Gasteiger partial charge on any atom is -0.455 e. The highest BCUT2D eigenvalue weighted by Gasteiger charge is 2.44. The van der Waals surface area contributed by atoms with E-state index in [-0.39, 0.29) is 5.41 Å². The largest absolute Gasteiger partial charge is 0.455 e. The number of furan rings is 1. The van der Waals surface area contributed by atoms with Crippen LogP contribution in [-0.4, -0.2) is 34.9 Å². The summed E-state index contributed by atoms with van der Waals surface area (Å²) in [5.41, 5.74) is 33.6. The third kappa shape index (κ3) is 13.5. The van der Waals surface area contributed by atoms with Crippen molar-refractivity contribution in [2.24, 2.45) is 0 Å². The summed E-state index contributed by atoms with van der Waals surface area (Å²) in [4.78, 5) is 43.4. The molecule has 0 unspecified atom stereocenters. The second-order valence-electron chi connectivity index (χ2n) is 32.6. The van der Waals surface area contributed by atoms with Crippen molar-refractivity contribution in [3.63, 3.8) is 0 Å². The first-order chi connectivity index (χ1) is 63.3. The Bertz CT molecular complexity index is 7680. The van der Waals surface area contributed by atoms with E-state index in [1.54, 1.807) is 0 Å². The lowest BCUT2D eigenvalue weighted by Gasteiger charge is -2.29. The number of thiophene rings is 1. The van der Waals surface area contributed by atoms with Gasteiger partial charge in [0.1, 0.15) is 17.2 Å². The topological polar surface area (TPSA) is 113 Å². The number of hydrogen-bond acceptors (Lipinski definition) is 12. The molecule has 0 amide bonds. The highest BCUT2D eigenvalue weighted by atomic mass is 32.1. The zero-order valence-electron chi connectivity index (χ0n) is 69.9. The van der Waals surface area contributed by atoms with Crippen molar-refractivity contribution in [1.29, 1.82) is 0 Å². The van der Waals surface area contributed by atoms with Crippen LogP contribution in [0.15, 0.2) is 441 Å². The van der Waals surface area contributed by atoms with E-state index in [0.717, 1.165) is 141 Å². The Kier molecular flexibility index (Phi) is 19.2. The molecule has 9 heterocycles. The van der Waals surface area contributed by atoms with Crippen molar-refractivity contribution in [3.8, 4) is 123 Å². The Hall–Kier alpha value is -16.7. The minimum atomic E-state index is -0.186. The molecule has 0 saturated heterocycles. The molecule has 21 aromatic rings. The van der Waals surface area contributed by atoms with Crippen molar-refractivity contribution in [2.45, 2.75) is 19.3 Å². The summed E-state index contributed by atoms with van der Waals surface area (Å²) in [5.74, 6) is 4.34. The number of pyridine rings is 2. The molecule has 6 aromatic heterocycles. The number of rotatable bonds is 10. The molecule has 0 atom stereocenters. The first-order valence-corrected chi connectivity index (χ1v) is 43.9. The van der Waals surface area contributed by atoms with Gasteiger partial charge >= 0.3 is 0 Å². The lowest BCUT2D eigenvalue weighted by molar-refractivity contribution is 0.633. The second-order valence-corrected chi connectivity index (χ2v) is 33.6. The molecular formula is C116H78N10OS. The Labute approximate surface area is 745 Å². The maximum atomic E-state index is 6.57. The van der Waals surface area contributed by atoms with Crippen molar-refractivity contribution in [1.82, 2.24) is 34.9 Å². The number of aromatic nitrogens is 7. The van der Waals surface area contributed by atoms with E-state index in [9.17, 15) is 0 Å². The van der Waals surface area contributed by atoms with Crippen LogP contribution in [0.5, 0.6) is 0 Å². The Balaban J connectivity index is 0.000000110. The fourth-order valence-corrected chi connectivity index (χ4v) is 20.0. The number of nitrogens with zero attached hydrogens (tertiary/aromatic N) is 10. The molecule has 4 aliphatic rings. The van der Waals surface area contributed by atoms with Gasteiger partial charge in [-0.15, -0.1) is 11.3 Å². The van der Waals surface area contributed by atoms with Crippen LogP contribution >= 0.6 is 11.3 Å². The molecule has 0 fully saturated rings. The maximum absolute atomic E-state index is 6.57. The van der Waals surface area contributed by atoms with Crippen molar-refractivity contribution in [3.05, 3.63) is 459 Å². The number of para-hydroxylation sites is 7. The minimum absolute atomic E-state index is 0.186. The van der Waals surface area contributed by atoms with Crippen LogP contribution in [0.1, 0.15) is 36.1 Å². The normalized spacial score (nSPS) is 12.8. The molecule has 11 nitrogen and oxygen atoms in total. The monoisotopic (exact) mass is 1660 g/mol. The molecule has 0 bridgehead atoms. The summed E-state index contributed by atoms with van der Waals surface area (Å²) in [6.07, 6.45) is 1.82. The lowest BCUT2D eigenvalue weighted by Crippen LogP contribution is -2.20. The van der Waals surface area contributed by atoms with Crippen LogP contribution < -0.4 is 14.7 Å². The quantitative estimate of drug-likeness (QED) is 0.130. The summed E-state index contributed by atoms with van der Waals surface area (Å²) in [6.45, 7) is 4.68. The van der Waals surface area contributed by atoms with Gasteiger partial charge in [0, 0.05) is 110 Å². The summed E-state index contributed by atoms with van der Waals surface area (Å²) < 4.78 is 7.87. The van der Waals surface area contributed by atoms with Gasteiger partial charge in [-0.1, -0.05) is 347 Å². The van der Waals surface area contributed by atoms with Gasteiger partial charge in [-0.2, -0.15) is 9.97 Å². The van der Waals surface area contributed by atoms with Crippen molar-refractivity contribution >= 4 is 95.1 Å². The van der Waals surface area contributed by atoms with Crippen LogP contribution in [0, 0.1) is 0 Å². The average Bonchev–Trinajstić information content (AvgIpc) is 1.54. The molecule has 128 heavy (non-hydrogen) atoms. The van der Waals surface area contributed by atoms with Crippen LogP contribution in [0.3, 0.4) is 0 Å². The highest BCUT2D eigenvalue weighted by molar-refractivity contribution is 7.23. The number of benzene rings is 15. The lowest BCUT2D eigenvalue weighted by atomic mass is 9.77. The van der Waals surface area contributed by atoms with E-state index in [4.69, 9.17) is 34.3 Å². The fourth-order valence-electron chi connectivity index (χ4n) is 18.8. The van der Waals surface area contributed by atoms with Crippen LogP contribution in [0.2, 0.25) is 0 Å². The van der Waals surface area contributed by atoms with E-state index in [1.807, 2.05) is 145 Å². The molecular weight excluding hydrogens is 1580 g/mol. The summed E-state index contributed by atoms with van der Waals surface area (Å²) in [6, 6.07) is 150. The summed E-state index contributed by atoms with van der Waals surface area (Å²) in [5, 5.41) is 2.40. The predicted molar refractivity (Wildman–Crippen MR) is 525 cm³/mol. The van der Waals surface area contributed by atoms with Gasteiger partial charge in [0.2, 0.25) is 5.95 Å². The molecule has 25 rings (SSSR count). The van der Waals surface area contributed by atoms with E-state index >= 15 is 0 Å². The summed E-state index contributed by atoms with van der Waals surface area (Å²) >= 11 is 1.86. The zero-order valence-corrected chi connectivity index (χ0v) is 70.7. The number of anilines is 9. The van der Waals surface area contributed by atoms with E-state index in [2.05, 4.69) is 337 Å². The molecule has 1 aliphatic carbocycles. The van der Waals surface area contributed by atoms with Gasteiger partial charge < -0.3 is 9.32 Å². The van der Waals surface area contributed by atoms with Crippen LogP contribution in [0.4, 0.5) is 51.6 Å². The first-order valence-electron chi connectivity index (χ1n) is 43.1. The van der Waals surface area contributed by atoms with Gasteiger partial charge in [0.25, 0.3) is 0 Å². The number of fused-ring (bicyclic) bond motifs is 20. The standard InChI is InChI=1S/C42H27N3O.C38H28N4.C36H23N3S/c1-3-13-28(14-4-1)35-27-36(44-42(43-35)30-15-5-2-6-16-30)29-23-25-31(26-24-29)45-37-20-10-7-17-32(37)40-34-19-9-12-22-39(34)46-41(40)33-18-8-11-21-38(33)45;1-38(2)30-22-12-9-19-27(30)33-28-20-10-13-23-31(28)42(32-24-14-11-21-29(32)34(33)38)37-40-35(25-15-5-3-6-16-25)39-36(41-37)26-17-7-4-8-18-26;1-2-12-24(13-3-1)25-22-30(29-17-10-11-21-37-29)38-34(23-25)39-31-18-7-4-14-26(31)35-28-16-6-9-20-33(28)40-36(35)27-15-5-8-19-32(27)39/h1-27H;3-24H,1-2H3;1-23H. The zero-order chi connectivity index (χ0) is 85.2. The third-order valence-corrected chi connectivity index (χ3v) is 25.8. The van der Waals surface area contributed by atoms with E-state index in [1.165, 1.54) is 65.1 Å². The SMILES string of the molecule is CC1(C)C2=C(c3ccccc3N(c3nc(-c4ccccc4)nc(-c4ccccc4)n3)c3ccccc32)c2ccccc21.c1ccc(-c2cc(-c3ccc(N4c5ccccc5-c5oc6ccccc6c5-c5ccccc54)cc3)nc(-c3ccccc3)n2)cc1.c1ccc(-c2cc(-c3ccccn3)nc(N3c4ccccc4-c4sc5ccccc5c4-c4ccccc43)c2)cc1. The van der Waals surface area contributed by atoms with E-state index in [0.29, 0.717) is 23.4 Å². The van der Waals surface area contributed by atoms with Crippen molar-refractivity contribution < 1.29 is 4.42 Å². The molecule has 0 spiro atoms. The van der Waals surface area contributed by atoms with Crippen LogP contribution in [-0.2, 0) is 5.41 Å². The smallest absolute Gasteiger partial charge is 0.238 e. The molecule has 0 radical (unpaired) electrons. The fraction of sp³-hybridized carbons (Fsp3) is 0.0259.